The summed E-state index contributed by atoms with van der Waals surface area (Å²) >= 11 is 3.37. The third kappa shape index (κ3) is 2.67. The Morgan fingerprint density at radius 2 is 2.30 bits per heavy atom. The average molecular weight is 341 g/mol. The van der Waals surface area contributed by atoms with Crippen molar-refractivity contribution in [1.29, 1.82) is 0 Å². The van der Waals surface area contributed by atoms with Crippen molar-refractivity contribution in [2.75, 3.05) is 25.1 Å². The van der Waals surface area contributed by atoms with Crippen LogP contribution < -0.4 is 5.32 Å². The fraction of sp³-hybridized carbons (Fsp3) is 0.571. The molecule has 1 unspecified atom stereocenters. The highest BCUT2D eigenvalue weighted by Gasteiger charge is 2.53. The van der Waals surface area contributed by atoms with Gasteiger partial charge in [-0.1, -0.05) is 0 Å². The second-order valence-corrected chi connectivity index (χ2v) is 6.47. The van der Waals surface area contributed by atoms with E-state index in [2.05, 4.69) is 26.2 Å². The maximum Gasteiger partial charge on any atom is 0.337 e. The highest BCUT2D eigenvalue weighted by atomic mass is 79.9. The molecule has 1 aliphatic heterocycles. The molecular formula is C14H17BrN2O3. The van der Waals surface area contributed by atoms with Crippen LogP contribution >= 0.6 is 15.9 Å². The summed E-state index contributed by atoms with van der Waals surface area (Å²) in [5.74, 6) is 0.427. The molecule has 2 heterocycles. The summed E-state index contributed by atoms with van der Waals surface area (Å²) in [6.45, 7) is 2.65. The van der Waals surface area contributed by atoms with Crippen molar-refractivity contribution < 1.29 is 14.6 Å². The maximum absolute atomic E-state index is 10.8. The van der Waals surface area contributed by atoms with E-state index < -0.39 is 5.97 Å². The first-order valence-electron chi connectivity index (χ1n) is 6.81. The number of aromatic nitrogens is 1. The smallest absolute Gasteiger partial charge is 0.337 e. The fourth-order valence-electron chi connectivity index (χ4n) is 3.02. The van der Waals surface area contributed by atoms with Crippen LogP contribution in [0, 0.1) is 11.3 Å². The number of carboxylic acid groups (broad SMARTS) is 1. The Kier molecular flexibility index (Phi) is 3.69. The first-order valence-corrected chi connectivity index (χ1v) is 7.60. The average Bonchev–Trinajstić information content (AvgIpc) is 3.10. The lowest BCUT2D eigenvalue weighted by Gasteiger charge is -2.23. The first-order chi connectivity index (χ1) is 9.61. The lowest BCUT2D eigenvalue weighted by Crippen LogP contribution is -2.21. The monoisotopic (exact) mass is 340 g/mol. The summed E-state index contributed by atoms with van der Waals surface area (Å²) in [7, 11) is 0. The van der Waals surface area contributed by atoms with Crippen molar-refractivity contribution in [3.05, 3.63) is 22.3 Å². The van der Waals surface area contributed by atoms with Gasteiger partial charge >= 0.3 is 5.97 Å². The lowest BCUT2D eigenvalue weighted by molar-refractivity contribution is 0.0527. The van der Waals surface area contributed by atoms with Gasteiger partial charge in [-0.15, -0.1) is 0 Å². The summed E-state index contributed by atoms with van der Waals surface area (Å²) in [5.41, 5.74) is 0.674. The van der Waals surface area contributed by atoms with E-state index in [1.54, 1.807) is 6.07 Å². The van der Waals surface area contributed by atoms with Gasteiger partial charge in [-0.05, 0) is 52.6 Å². The number of rotatable bonds is 4. The summed E-state index contributed by atoms with van der Waals surface area (Å²) in [6, 6.07) is 1.58. The summed E-state index contributed by atoms with van der Waals surface area (Å²) in [4.78, 5) is 15.0. The second-order valence-electron chi connectivity index (χ2n) is 5.62. The topological polar surface area (TPSA) is 71.5 Å². The van der Waals surface area contributed by atoms with E-state index in [9.17, 15) is 4.79 Å². The van der Waals surface area contributed by atoms with Crippen LogP contribution in [0.4, 0.5) is 5.82 Å². The van der Waals surface area contributed by atoms with Crippen LogP contribution in [0.25, 0.3) is 0 Å². The number of nitrogens with zero attached hydrogens (tertiary/aromatic N) is 1. The zero-order chi connectivity index (χ0) is 14.2. The number of carbonyl (C=O) groups is 1. The molecule has 0 bridgehead atoms. The standard InChI is InChI=1S/C14H17BrN2O3/c15-11-5-9(13(18)19)7-16-12(11)17-8-10-6-14(10)1-3-20-4-2-14/h5,7,10H,1-4,6,8H2,(H,16,17)(H,18,19). The highest BCUT2D eigenvalue weighted by Crippen LogP contribution is 2.58. The van der Waals surface area contributed by atoms with E-state index in [1.807, 2.05) is 0 Å². The Bertz CT molecular complexity index is 529. The van der Waals surface area contributed by atoms with Crippen molar-refractivity contribution in [1.82, 2.24) is 4.98 Å². The number of hydrogen-bond acceptors (Lipinski definition) is 4. The lowest BCUT2D eigenvalue weighted by atomic mass is 9.94. The molecule has 1 saturated heterocycles. The van der Waals surface area contributed by atoms with Gasteiger partial charge < -0.3 is 15.2 Å². The largest absolute Gasteiger partial charge is 0.478 e. The molecule has 2 fully saturated rings. The van der Waals surface area contributed by atoms with Crippen LogP contribution in [-0.4, -0.2) is 35.8 Å². The summed E-state index contributed by atoms with van der Waals surface area (Å²) < 4.78 is 6.11. The minimum atomic E-state index is -0.965. The first kappa shape index (κ1) is 13.8. The molecule has 108 valence electrons. The van der Waals surface area contributed by atoms with Gasteiger partial charge in [-0.2, -0.15) is 0 Å². The van der Waals surface area contributed by atoms with Crippen molar-refractivity contribution in [3.63, 3.8) is 0 Å². The van der Waals surface area contributed by atoms with Gasteiger partial charge in [0.25, 0.3) is 0 Å². The third-order valence-corrected chi connectivity index (χ3v) is 5.06. The van der Waals surface area contributed by atoms with Gasteiger partial charge in [-0.3, -0.25) is 0 Å². The molecule has 3 rings (SSSR count). The molecular weight excluding hydrogens is 324 g/mol. The SMILES string of the molecule is O=C(O)c1cnc(NCC2CC23CCOCC3)c(Br)c1. The van der Waals surface area contributed by atoms with E-state index in [0.717, 1.165) is 32.6 Å². The van der Waals surface area contributed by atoms with Gasteiger partial charge in [0, 0.05) is 26.0 Å². The zero-order valence-corrected chi connectivity index (χ0v) is 12.6. The van der Waals surface area contributed by atoms with Crippen LogP contribution in [0.2, 0.25) is 0 Å². The predicted molar refractivity (Wildman–Crippen MR) is 78.0 cm³/mol. The molecule has 1 aromatic heterocycles. The van der Waals surface area contributed by atoms with Crippen molar-refractivity contribution in [3.8, 4) is 0 Å². The van der Waals surface area contributed by atoms with Crippen molar-refractivity contribution >= 4 is 27.7 Å². The van der Waals surface area contributed by atoms with Crippen LogP contribution in [0.1, 0.15) is 29.6 Å². The second kappa shape index (κ2) is 5.33. The van der Waals surface area contributed by atoms with Crippen molar-refractivity contribution in [2.24, 2.45) is 11.3 Å². The highest BCUT2D eigenvalue weighted by molar-refractivity contribution is 9.10. The van der Waals surface area contributed by atoms with Crippen LogP contribution in [0.5, 0.6) is 0 Å². The Morgan fingerprint density at radius 3 is 2.95 bits per heavy atom. The number of hydrogen-bond donors (Lipinski definition) is 2. The molecule has 0 aromatic carbocycles. The predicted octanol–water partition coefficient (Wildman–Crippen LogP) is 2.77. The Balaban J connectivity index is 1.58. The van der Waals surface area contributed by atoms with E-state index >= 15 is 0 Å². The minimum Gasteiger partial charge on any atom is -0.478 e. The number of ether oxygens (including phenoxy) is 1. The summed E-state index contributed by atoms with van der Waals surface area (Å²) in [5, 5.41) is 12.2. The molecule has 5 nitrogen and oxygen atoms in total. The molecule has 1 atom stereocenters. The van der Waals surface area contributed by atoms with Gasteiger partial charge in [0.1, 0.15) is 5.82 Å². The van der Waals surface area contributed by atoms with Gasteiger partial charge in [0.15, 0.2) is 0 Å². The number of halogens is 1. The Labute approximate surface area is 125 Å². The molecule has 1 saturated carbocycles. The zero-order valence-electron chi connectivity index (χ0n) is 11.1. The minimum absolute atomic E-state index is 0.190. The van der Waals surface area contributed by atoms with Crippen LogP contribution in [0.15, 0.2) is 16.7 Å². The molecule has 2 aliphatic rings. The fourth-order valence-corrected chi connectivity index (χ4v) is 3.50. The molecule has 1 aliphatic carbocycles. The number of aromatic carboxylic acids is 1. The van der Waals surface area contributed by atoms with E-state index in [-0.39, 0.29) is 5.56 Å². The molecule has 6 heteroatoms. The maximum atomic E-state index is 10.8. The molecule has 2 N–H and O–H groups in total. The van der Waals surface area contributed by atoms with Crippen LogP contribution in [0.3, 0.4) is 0 Å². The molecule has 20 heavy (non-hydrogen) atoms. The number of nitrogens with one attached hydrogen (secondary N) is 1. The molecule has 1 spiro atoms. The van der Waals surface area contributed by atoms with E-state index in [1.165, 1.54) is 12.6 Å². The van der Waals surface area contributed by atoms with Crippen LogP contribution in [-0.2, 0) is 4.74 Å². The third-order valence-electron chi connectivity index (χ3n) is 4.45. The molecule has 0 radical (unpaired) electrons. The van der Waals surface area contributed by atoms with Gasteiger partial charge in [0.05, 0.1) is 10.0 Å². The number of pyridine rings is 1. The van der Waals surface area contributed by atoms with Gasteiger partial charge in [0.2, 0.25) is 0 Å². The number of carboxylic acids is 1. The quantitative estimate of drug-likeness (QED) is 0.881. The molecule has 0 amide bonds. The normalized spacial score (nSPS) is 23.6. The van der Waals surface area contributed by atoms with E-state index in [0.29, 0.717) is 21.6 Å². The van der Waals surface area contributed by atoms with E-state index in [4.69, 9.17) is 9.84 Å². The van der Waals surface area contributed by atoms with Crippen molar-refractivity contribution in [2.45, 2.75) is 19.3 Å². The summed E-state index contributed by atoms with van der Waals surface area (Å²) in [6.07, 6.45) is 4.96. The molecule has 1 aromatic rings. The Hall–Kier alpha value is -1.14. The Morgan fingerprint density at radius 1 is 1.55 bits per heavy atom. The number of anilines is 1. The van der Waals surface area contributed by atoms with Gasteiger partial charge in [-0.25, -0.2) is 9.78 Å².